The number of fused-ring (bicyclic) bond motifs is 1. The van der Waals surface area contributed by atoms with E-state index in [0.29, 0.717) is 23.7 Å². The maximum Gasteiger partial charge on any atom is 0.490 e. The van der Waals surface area contributed by atoms with Crippen molar-refractivity contribution < 1.29 is 32.3 Å². The Balaban J connectivity index is 0.000000298. The monoisotopic (exact) mass is 416 g/mol. The number of carbonyl (C=O) groups is 2. The Kier molecular flexibility index (Phi) is 6.45. The minimum absolute atomic E-state index is 0.173. The molecule has 1 amide bonds. The number of carboxylic acids is 1. The third kappa shape index (κ3) is 5.68. The van der Waals surface area contributed by atoms with Crippen molar-refractivity contribution in [2.75, 3.05) is 26.2 Å². The van der Waals surface area contributed by atoms with Crippen molar-refractivity contribution in [2.45, 2.75) is 32.0 Å². The fourth-order valence-corrected chi connectivity index (χ4v) is 4.31. The van der Waals surface area contributed by atoms with Gasteiger partial charge in [-0.1, -0.05) is 12.1 Å². The number of carboxylic acid groups (broad SMARTS) is 1. The minimum atomic E-state index is -5.08. The van der Waals surface area contributed by atoms with Gasteiger partial charge in [0.1, 0.15) is 5.82 Å². The van der Waals surface area contributed by atoms with Gasteiger partial charge in [-0.3, -0.25) is 9.69 Å². The number of hydrogen-bond acceptors (Lipinski definition) is 3. The smallest absolute Gasteiger partial charge is 0.475 e. The molecule has 1 aromatic rings. The van der Waals surface area contributed by atoms with Gasteiger partial charge in [0.2, 0.25) is 5.91 Å². The van der Waals surface area contributed by atoms with E-state index < -0.39 is 12.1 Å². The number of alkyl halides is 3. The van der Waals surface area contributed by atoms with Crippen molar-refractivity contribution in [3.05, 3.63) is 35.6 Å². The van der Waals surface area contributed by atoms with Gasteiger partial charge in [0.25, 0.3) is 0 Å². The van der Waals surface area contributed by atoms with Crippen LogP contribution in [0.15, 0.2) is 24.3 Å². The van der Waals surface area contributed by atoms with E-state index in [1.807, 2.05) is 17.0 Å². The first kappa shape index (κ1) is 21.5. The molecular weight excluding hydrogens is 392 g/mol. The molecule has 29 heavy (non-hydrogen) atoms. The second-order valence-corrected chi connectivity index (χ2v) is 7.91. The number of benzene rings is 1. The van der Waals surface area contributed by atoms with Crippen LogP contribution in [-0.2, 0) is 16.1 Å². The zero-order valence-corrected chi connectivity index (χ0v) is 15.9. The molecule has 2 saturated heterocycles. The summed E-state index contributed by atoms with van der Waals surface area (Å²) in [6.07, 6.45) is -1.97. The molecule has 0 bridgehead atoms. The normalized spacial score (nSPS) is 25.9. The van der Waals surface area contributed by atoms with Gasteiger partial charge in [-0.2, -0.15) is 13.2 Å². The highest BCUT2D eigenvalue weighted by atomic mass is 19.4. The molecule has 1 saturated carbocycles. The van der Waals surface area contributed by atoms with Crippen LogP contribution < -0.4 is 0 Å². The quantitative estimate of drug-likeness (QED) is 0.767. The molecule has 0 aromatic heterocycles. The third-order valence-electron chi connectivity index (χ3n) is 5.88. The molecule has 9 heteroatoms. The predicted octanol–water partition coefficient (Wildman–Crippen LogP) is 3.15. The Bertz CT molecular complexity index is 720. The highest BCUT2D eigenvalue weighted by Crippen LogP contribution is 2.54. The van der Waals surface area contributed by atoms with Crippen molar-refractivity contribution in [3.8, 4) is 0 Å². The first-order valence-corrected chi connectivity index (χ1v) is 9.70. The predicted molar refractivity (Wildman–Crippen MR) is 96.3 cm³/mol. The molecule has 1 aliphatic carbocycles. The third-order valence-corrected chi connectivity index (χ3v) is 5.88. The summed E-state index contributed by atoms with van der Waals surface area (Å²) in [5.41, 5.74) is 1.17. The number of amides is 1. The summed E-state index contributed by atoms with van der Waals surface area (Å²) in [7, 11) is 0. The number of aliphatic carboxylic acids is 1. The summed E-state index contributed by atoms with van der Waals surface area (Å²) in [5, 5.41) is 7.12. The first-order valence-electron chi connectivity index (χ1n) is 9.70. The molecule has 1 N–H and O–H groups in total. The molecule has 160 valence electrons. The summed E-state index contributed by atoms with van der Waals surface area (Å²) >= 11 is 0. The van der Waals surface area contributed by atoms with Crippen molar-refractivity contribution in [1.82, 2.24) is 9.80 Å². The molecule has 3 aliphatic rings. The lowest BCUT2D eigenvalue weighted by atomic mass is 10.1. The molecule has 5 nitrogen and oxygen atoms in total. The molecule has 0 spiro atoms. The average molecular weight is 416 g/mol. The highest BCUT2D eigenvalue weighted by Gasteiger charge is 2.55. The summed E-state index contributed by atoms with van der Waals surface area (Å²) in [5.74, 6) is -0.500. The van der Waals surface area contributed by atoms with Gasteiger partial charge < -0.3 is 10.0 Å². The largest absolute Gasteiger partial charge is 0.490 e. The maximum absolute atomic E-state index is 12.9. The Morgan fingerprint density at radius 2 is 1.55 bits per heavy atom. The maximum atomic E-state index is 12.9. The molecule has 0 radical (unpaired) electrons. The molecule has 3 fully saturated rings. The zero-order chi connectivity index (χ0) is 21.2. The zero-order valence-electron chi connectivity index (χ0n) is 15.9. The van der Waals surface area contributed by atoms with E-state index in [1.165, 1.54) is 30.5 Å². The fourth-order valence-electron chi connectivity index (χ4n) is 4.31. The number of carbonyl (C=O) groups excluding carboxylic acids is 1. The standard InChI is InChI=1S/C18H23FN2O.C2HF3O2/c19-14-5-3-13(4-6-14)10-20-11-16-15(17(16)12-20)9-18(22)21-7-1-2-8-21;3-2(4,5)1(6)7/h3-6,15-17H,1-2,7-12H2;(H,6,7)/t15?,16-,17+;. The lowest BCUT2D eigenvalue weighted by Crippen LogP contribution is -2.30. The van der Waals surface area contributed by atoms with E-state index in [1.54, 1.807) is 0 Å². The van der Waals surface area contributed by atoms with E-state index in [9.17, 15) is 22.4 Å². The van der Waals surface area contributed by atoms with Gasteiger partial charge in [0, 0.05) is 39.1 Å². The van der Waals surface area contributed by atoms with Crippen LogP contribution in [0.25, 0.3) is 0 Å². The Labute approximate surface area is 166 Å². The summed E-state index contributed by atoms with van der Waals surface area (Å²) in [4.78, 5) is 25.6. The van der Waals surface area contributed by atoms with Crippen molar-refractivity contribution in [2.24, 2.45) is 17.8 Å². The molecule has 4 rings (SSSR count). The number of piperidine rings is 1. The lowest BCUT2D eigenvalue weighted by Gasteiger charge is -2.20. The molecule has 3 atom stereocenters. The Morgan fingerprint density at radius 1 is 1.03 bits per heavy atom. The lowest BCUT2D eigenvalue weighted by molar-refractivity contribution is -0.192. The van der Waals surface area contributed by atoms with Gasteiger partial charge in [0.15, 0.2) is 0 Å². The van der Waals surface area contributed by atoms with Gasteiger partial charge in [-0.15, -0.1) is 0 Å². The number of rotatable bonds is 4. The number of nitrogens with zero attached hydrogens (tertiary/aromatic N) is 2. The van der Waals surface area contributed by atoms with Crippen molar-refractivity contribution in [1.29, 1.82) is 0 Å². The summed E-state index contributed by atoms with van der Waals surface area (Å²) < 4.78 is 44.7. The SMILES string of the molecule is O=C(CC1[C@H]2CN(Cc3ccc(F)cc3)C[C@@H]12)N1CCCC1.O=C(O)C(F)(F)F. The summed E-state index contributed by atoms with van der Waals surface area (Å²) in [6, 6.07) is 6.80. The van der Waals surface area contributed by atoms with E-state index in [4.69, 9.17) is 9.90 Å². The van der Waals surface area contributed by atoms with Crippen LogP contribution in [0.3, 0.4) is 0 Å². The molecule has 1 aromatic carbocycles. The molecule has 2 aliphatic heterocycles. The van der Waals surface area contributed by atoms with Crippen LogP contribution in [0.2, 0.25) is 0 Å². The first-order chi connectivity index (χ1) is 13.6. The molecular formula is C20H24F4N2O3. The number of halogens is 4. The second kappa shape index (κ2) is 8.69. The minimum Gasteiger partial charge on any atom is -0.475 e. The number of likely N-dealkylation sites (tertiary alicyclic amines) is 2. The van der Waals surface area contributed by atoms with Crippen LogP contribution in [-0.4, -0.2) is 59.1 Å². The van der Waals surface area contributed by atoms with Crippen molar-refractivity contribution in [3.63, 3.8) is 0 Å². The average Bonchev–Trinajstić information content (AvgIpc) is 3.07. The summed E-state index contributed by atoms with van der Waals surface area (Å²) in [6.45, 7) is 5.04. The van der Waals surface area contributed by atoms with E-state index >= 15 is 0 Å². The van der Waals surface area contributed by atoms with Gasteiger partial charge in [-0.05, 0) is 48.3 Å². The van der Waals surface area contributed by atoms with E-state index in [-0.39, 0.29) is 5.82 Å². The van der Waals surface area contributed by atoms with Gasteiger partial charge >= 0.3 is 12.1 Å². The van der Waals surface area contributed by atoms with Crippen LogP contribution >= 0.6 is 0 Å². The Hall–Kier alpha value is -2.16. The molecule has 1 unspecified atom stereocenters. The van der Waals surface area contributed by atoms with E-state index in [2.05, 4.69) is 4.90 Å². The molecule has 2 heterocycles. The van der Waals surface area contributed by atoms with Crippen LogP contribution in [0.5, 0.6) is 0 Å². The van der Waals surface area contributed by atoms with Crippen molar-refractivity contribution >= 4 is 11.9 Å². The second-order valence-electron chi connectivity index (χ2n) is 7.91. The topological polar surface area (TPSA) is 60.9 Å². The van der Waals surface area contributed by atoms with Gasteiger partial charge in [0.05, 0.1) is 0 Å². The van der Waals surface area contributed by atoms with Crippen LogP contribution in [0, 0.1) is 23.6 Å². The Morgan fingerprint density at radius 3 is 2.03 bits per heavy atom. The fraction of sp³-hybridized carbons (Fsp3) is 0.600. The van der Waals surface area contributed by atoms with Crippen LogP contribution in [0.1, 0.15) is 24.8 Å². The number of hydrogen-bond donors (Lipinski definition) is 1. The highest BCUT2D eigenvalue weighted by molar-refractivity contribution is 5.77. The van der Waals surface area contributed by atoms with Gasteiger partial charge in [-0.25, -0.2) is 9.18 Å². The van der Waals surface area contributed by atoms with Crippen LogP contribution in [0.4, 0.5) is 17.6 Å². The van der Waals surface area contributed by atoms with E-state index in [0.717, 1.165) is 39.1 Å².